The highest BCUT2D eigenvalue weighted by molar-refractivity contribution is 5.66. The van der Waals surface area contributed by atoms with Crippen LogP contribution in [0, 0.1) is 0 Å². The van der Waals surface area contributed by atoms with E-state index in [2.05, 4.69) is 12.1 Å². The molecule has 0 bridgehead atoms. The molecule has 0 amide bonds. The lowest BCUT2D eigenvalue weighted by Gasteiger charge is -2.15. The molecule has 3 heteroatoms. The van der Waals surface area contributed by atoms with Crippen LogP contribution in [0.2, 0.25) is 0 Å². The van der Waals surface area contributed by atoms with Gasteiger partial charge in [0.2, 0.25) is 0 Å². The highest BCUT2D eigenvalue weighted by Crippen LogP contribution is 2.24. The van der Waals surface area contributed by atoms with Crippen molar-refractivity contribution in [1.29, 1.82) is 0 Å². The molecular formula is C16H18O3. The van der Waals surface area contributed by atoms with Crippen LogP contribution >= 0.6 is 0 Å². The summed E-state index contributed by atoms with van der Waals surface area (Å²) in [5.41, 5.74) is 2.22. The van der Waals surface area contributed by atoms with Crippen LogP contribution in [0.1, 0.15) is 37.0 Å². The Morgan fingerprint density at radius 3 is 2.68 bits per heavy atom. The van der Waals surface area contributed by atoms with Gasteiger partial charge in [0, 0.05) is 12.5 Å². The quantitative estimate of drug-likeness (QED) is 0.737. The molecule has 0 fully saturated rings. The summed E-state index contributed by atoms with van der Waals surface area (Å²) in [6.07, 6.45) is 5.77. The van der Waals surface area contributed by atoms with Crippen molar-refractivity contribution in [3.63, 3.8) is 0 Å². The summed E-state index contributed by atoms with van der Waals surface area (Å²) < 4.78 is 10.4. The van der Waals surface area contributed by atoms with Crippen LogP contribution in [0.15, 0.2) is 53.3 Å². The van der Waals surface area contributed by atoms with Gasteiger partial charge in [-0.05, 0) is 30.9 Å². The van der Waals surface area contributed by atoms with E-state index in [-0.39, 0.29) is 12.1 Å². The lowest BCUT2D eigenvalue weighted by molar-refractivity contribution is -0.147. The van der Waals surface area contributed by atoms with E-state index in [1.165, 1.54) is 12.5 Å². The lowest BCUT2D eigenvalue weighted by Crippen LogP contribution is -2.08. The zero-order valence-corrected chi connectivity index (χ0v) is 11.0. The first kappa shape index (κ1) is 13.4. The standard InChI is InChI=1S/C16H18O3/c1-13(17)19-16(15-10-11-18-12-15)9-5-8-14-6-3-2-4-7-14/h2-4,6-7,10-12,16H,5,8-9H2,1H3. The smallest absolute Gasteiger partial charge is 0.303 e. The molecule has 1 unspecified atom stereocenters. The minimum atomic E-state index is -0.258. The molecule has 1 aromatic carbocycles. The van der Waals surface area contributed by atoms with E-state index < -0.39 is 0 Å². The molecule has 3 nitrogen and oxygen atoms in total. The van der Waals surface area contributed by atoms with Crippen molar-refractivity contribution < 1.29 is 13.9 Å². The first-order valence-electron chi connectivity index (χ1n) is 6.49. The predicted molar refractivity (Wildman–Crippen MR) is 72.6 cm³/mol. The molecule has 2 aromatic rings. The van der Waals surface area contributed by atoms with Gasteiger partial charge in [0.05, 0.1) is 12.5 Å². The Morgan fingerprint density at radius 2 is 2.05 bits per heavy atom. The van der Waals surface area contributed by atoms with Crippen molar-refractivity contribution in [2.24, 2.45) is 0 Å². The van der Waals surface area contributed by atoms with Crippen LogP contribution < -0.4 is 0 Å². The number of esters is 1. The SMILES string of the molecule is CC(=O)OC(CCCc1ccccc1)c1ccoc1. The molecule has 0 aliphatic carbocycles. The van der Waals surface area contributed by atoms with Crippen molar-refractivity contribution in [3.05, 3.63) is 60.1 Å². The number of ether oxygens (including phenoxy) is 1. The average molecular weight is 258 g/mol. The molecule has 0 saturated heterocycles. The normalized spacial score (nSPS) is 12.1. The predicted octanol–water partition coefficient (Wildman–Crippen LogP) is 3.91. The molecule has 100 valence electrons. The van der Waals surface area contributed by atoms with Crippen LogP contribution in [0.25, 0.3) is 0 Å². The number of benzene rings is 1. The molecule has 1 atom stereocenters. The number of rotatable bonds is 6. The molecule has 0 saturated carbocycles. The van der Waals surface area contributed by atoms with E-state index in [0.29, 0.717) is 0 Å². The number of hydrogen-bond donors (Lipinski definition) is 0. The zero-order valence-electron chi connectivity index (χ0n) is 11.0. The Balaban J connectivity index is 1.88. The van der Waals surface area contributed by atoms with E-state index >= 15 is 0 Å². The van der Waals surface area contributed by atoms with Gasteiger partial charge in [-0.1, -0.05) is 30.3 Å². The monoisotopic (exact) mass is 258 g/mol. The van der Waals surface area contributed by atoms with Gasteiger partial charge in [0.15, 0.2) is 0 Å². The minimum absolute atomic E-state index is 0.208. The van der Waals surface area contributed by atoms with Gasteiger partial charge < -0.3 is 9.15 Å². The number of carbonyl (C=O) groups is 1. The lowest BCUT2D eigenvalue weighted by atomic mass is 10.0. The number of furan rings is 1. The van der Waals surface area contributed by atoms with Crippen LogP contribution in [0.5, 0.6) is 0 Å². The minimum Gasteiger partial charge on any atom is -0.472 e. The highest BCUT2D eigenvalue weighted by atomic mass is 16.5. The molecule has 0 aliphatic heterocycles. The van der Waals surface area contributed by atoms with Crippen LogP contribution in [-0.2, 0) is 16.0 Å². The summed E-state index contributed by atoms with van der Waals surface area (Å²) in [6.45, 7) is 1.43. The van der Waals surface area contributed by atoms with Crippen molar-refractivity contribution in [2.75, 3.05) is 0 Å². The molecule has 1 aromatic heterocycles. The first-order chi connectivity index (χ1) is 9.25. The fraction of sp³-hybridized carbons (Fsp3) is 0.312. The Labute approximate surface area is 113 Å². The second-order valence-corrected chi connectivity index (χ2v) is 4.53. The average Bonchev–Trinajstić information content (AvgIpc) is 2.92. The maximum absolute atomic E-state index is 11.1. The van der Waals surface area contributed by atoms with Gasteiger partial charge in [-0.2, -0.15) is 0 Å². The van der Waals surface area contributed by atoms with E-state index in [1.54, 1.807) is 12.5 Å². The summed E-state index contributed by atoms with van der Waals surface area (Å²) in [5, 5.41) is 0. The van der Waals surface area contributed by atoms with Crippen molar-refractivity contribution in [3.8, 4) is 0 Å². The van der Waals surface area contributed by atoms with E-state index in [0.717, 1.165) is 24.8 Å². The summed E-state index contributed by atoms with van der Waals surface area (Å²) in [6, 6.07) is 12.1. The fourth-order valence-corrected chi connectivity index (χ4v) is 2.09. The number of hydrogen-bond acceptors (Lipinski definition) is 3. The van der Waals surface area contributed by atoms with Crippen molar-refractivity contribution >= 4 is 5.97 Å². The second-order valence-electron chi connectivity index (χ2n) is 4.53. The van der Waals surface area contributed by atoms with Gasteiger partial charge >= 0.3 is 5.97 Å². The zero-order chi connectivity index (χ0) is 13.5. The molecule has 0 spiro atoms. The Hall–Kier alpha value is -2.03. The van der Waals surface area contributed by atoms with E-state index in [1.807, 2.05) is 24.3 Å². The summed E-state index contributed by atoms with van der Waals surface area (Å²) in [5.74, 6) is -0.258. The number of carbonyl (C=O) groups excluding carboxylic acids is 1. The molecule has 0 aliphatic rings. The van der Waals surface area contributed by atoms with Crippen LogP contribution in [-0.4, -0.2) is 5.97 Å². The largest absolute Gasteiger partial charge is 0.472 e. The second kappa shape index (κ2) is 6.78. The van der Waals surface area contributed by atoms with Gasteiger partial charge in [-0.3, -0.25) is 4.79 Å². The maximum Gasteiger partial charge on any atom is 0.303 e. The number of aryl methyl sites for hydroxylation is 1. The molecule has 0 radical (unpaired) electrons. The van der Waals surface area contributed by atoms with Gasteiger partial charge in [0.25, 0.3) is 0 Å². The van der Waals surface area contributed by atoms with Crippen molar-refractivity contribution in [2.45, 2.75) is 32.3 Å². The molecular weight excluding hydrogens is 240 g/mol. The van der Waals surface area contributed by atoms with E-state index in [4.69, 9.17) is 9.15 Å². The van der Waals surface area contributed by atoms with E-state index in [9.17, 15) is 4.79 Å². The van der Waals surface area contributed by atoms with Crippen molar-refractivity contribution in [1.82, 2.24) is 0 Å². The summed E-state index contributed by atoms with van der Waals surface area (Å²) >= 11 is 0. The molecule has 2 rings (SSSR count). The third kappa shape index (κ3) is 4.28. The fourth-order valence-electron chi connectivity index (χ4n) is 2.09. The Bertz CT molecular complexity index is 488. The molecule has 0 N–H and O–H groups in total. The Kier molecular flexibility index (Phi) is 4.78. The van der Waals surface area contributed by atoms with Gasteiger partial charge in [0.1, 0.15) is 6.10 Å². The molecule has 1 heterocycles. The maximum atomic E-state index is 11.1. The summed E-state index contributed by atoms with van der Waals surface area (Å²) in [4.78, 5) is 11.1. The third-order valence-electron chi connectivity index (χ3n) is 3.00. The van der Waals surface area contributed by atoms with Gasteiger partial charge in [-0.15, -0.1) is 0 Å². The van der Waals surface area contributed by atoms with Gasteiger partial charge in [-0.25, -0.2) is 0 Å². The topological polar surface area (TPSA) is 39.4 Å². The highest BCUT2D eigenvalue weighted by Gasteiger charge is 2.15. The summed E-state index contributed by atoms with van der Waals surface area (Å²) in [7, 11) is 0. The molecule has 19 heavy (non-hydrogen) atoms. The Morgan fingerprint density at radius 1 is 1.26 bits per heavy atom. The van der Waals surface area contributed by atoms with Crippen LogP contribution in [0.3, 0.4) is 0 Å². The van der Waals surface area contributed by atoms with Crippen LogP contribution in [0.4, 0.5) is 0 Å². The third-order valence-corrected chi connectivity index (χ3v) is 3.00. The first-order valence-corrected chi connectivity index (χ1v) is 6.49.